The molecule has 3 heteroatoms. The van der Waals surface area contributed by atoms with Gasteiger partial charge in [0.2, 0.25) is 0 Å². The van der Waals surface area contributed by atoms with Gasteiger partial charge in [0.05, 0.1) is 6.54 Å². The molecule has 0 N–H and O–H groups in total. The Bertz CT molecular complexity index is 144. The third kappa shape index (κ3) is 1.04. The molecule has 1 heterocycles. The quantitative estimate of drug-likeness (QED) is 0.525. The zero-order valence-corrected chi connectivity index (χ0v) is 5.33. The van der Waals surface area contributed by atoms with Gasteiger partial charge < -0.3 is 4.74 Å². The van der Waals surface area contributed by atoms with Crippen LogP contribution in [0.5, 0.6) is 0 Å². The fourth-order valence-corrected chi connectivity index (χ4v) is 0.778. The van der Waals surface area contributed by atoms with Crippen molar-refractivity contribution in [2.75, 3.05) is 6.54 Å². The van der Waals surface area contributed by atoms with E-state index in [1.807, 2.05) is 6.92 Å². The molecule has 1 unspecified atom stereocenters. The molecular weight excluding hydrogens is 118 g/mol. The van der Waals surface area contributed by atoms with Crippen molar-refractivity contribution in [3.05, 3.63) is 12.8 Å². The molecule has 0 aromatic carbocycles. The van der Waals surface area contributed by atoms with Crippen molar-refractivity contribution in [1.82, 2.24) is 4.90 Å². The van der Waals surface area contributed by atoms with Crippen LogP contribution in [-0.4, -0.2) is 23.6 Å². The number of rotatable bonds is 1. The maximum Gasteiger partial charge on any atom is 0.414 e. The van der Waals surface area contributed by atoms with Gasteiger partial charge in [-0.2, -0.15) is 0 Å². The molecule has 0 aromatic rings. The molecule has 1 atom stereocenters. The van der Waals surface area contributed by atoms with Gasteiger partial charge in [0.1, 0.15) is 6.10 Å². The van der Waals surface area contributed by atoms with Crippen molar-refractivity contribution in [3.8, 4) is 0 Å². The van der Waals surface area contributed by atoms with Gasteiger partial charge in [-0.1, -0.05) is 6.58 Å². The molecular formula is C6H9NO2. The second-order valence-corrected chi connectivity index (χ2v) is 2.03. The van der Waals surface area contributed by atoms with Crippen LogP contribution in [0.25, 0.3) is 0 Å². The van der Waals surface area contributed by atoms with Crippen molar-refractivity contribution in [1.29, 1.82) is 0 Å². The molecule has 1 fully saturated rings. The van der Waals surface area contributed by atoms with Crippen molar-refractivity contribution >= 4 is 6.09 Å². The molecule has 0 aromatic heterocycles. The molecule has 0 radical (unpaired) electrons. The van der Waals surface area contributed by atoms with E-state index in [-0.39, 0.29) is 12.2 Å². The topological polar surface area (TPSA) is 29.5 Å². The summed E-state index contributed by atoms with van der Waals surface area (Å²) in [5, 5.41) is 0. The molecule has 1 amide bonds. The van der Waals surface area contributed by atoms with E-state index in [1.54, 1.807) is 0 Å². The van der Waals surface area contributed by atoms with Crippen molar-refractivity contribution in [2.24, 2.45) is 0 Å². The van der Waals surface area contributed by atoms with E-state index in [0.29, 0.717) is 6.54 Å². The summed E-state index contributed by atoms with van der Waals surface area (Å²) in [6.45, 7) is 5.93. The van der Waals surface area contributed by atoms with E-state index < -0.39 is 0 Å². The summed E-state index contributed by atoms with van der Waals surface area (Å²) < 4.78 is 4.78. The minimum absolute atomic E-state index is 0.00972. The Kier molecular flexibility index (Phi) is 1.42. The summed E-state index contributed by atoms with van der Waals surface area (Å²) in [6.07, 6.45) is 1.19. The molecule has 9 heavy (non-hydrogen) atoms. The second-order valence-electron chi connectivity index (χ2n) is 2.03. The van der Waals surface area contributed by atoms with Crippen LogP contribution in [0.1, 0.15) is 6.92 Å². The Balaban J connectivity index is 2.57. The molecule has 0 bridgehead atoms. The van der Waals surface area contributed by atoms with Gasteiger partial charge >= 0.3 is 6.09 Å². The lowest BCUT2D eigenvalue weighted by molar-refractivity contribution is 0.142. The lowest BCUT2D eigenvalue weighted by atomic mass is 10.4. The van der Waals surface area contributed by atoms with E-state index in [9.17, 15) is 4.79 Å². The van der Waals surface area contributed by atoms with E-state index >= 15 is 0 Å². The van der Waals surface area contributed by atoms with E-state index in [0.717, 1.165) is 0 Å². The van der Waals surface area contributed by atoms with Crippen LogP contribution in [0, 0.1) is 0 Å². The Morgan fingerprint density at radius 1 is 2.00 bits per heavy atom. The number of hydrogen-bond donors (Lipinski definition) is 0. The highest BCUT2D eigenvalue weighted by atomic mass is 16.6. The maximum atomic E-state index is 10.6. The van der Waals surface area contributed by atoms with Crippen LogP contribution in [0.3, 0.4) is 0 Å². The molecule has 1 rings (SSSR count). The minimum Gasteiger partial charge on any atom is -0.444 e. The van der Waals surface area contributed by atoms with Crippen molar-refractivity contribution in [3.63, 3.8) is 0 Å². The number of carbonyl (C=O) groups excluding carboxylic acids is 1. The second kappa shape index (κ2) is 2.09. The Hall–Kier alpha value is -0.990. The van der Waals surface area contributed by atoms with Crippen LogP contribution in [0.2, 0.25) is 0 Å². The fraction of sp³-hybridized carbons (Fsp3) is 0.500. The summed E-state index contributed by atoms with van der Waals surface area (Å²) in [7, 11) is 0. The largest absolute Gasteiger partial charge is 0.444 e. The third-order valence-corrected chi connectivity index (χ3v) is 1.21. The van der Waals surface area contributed by atoms with Gasteiger partial charge in [0, 0.05) is 6.20 Å². The molecule has 1 aliphatic heterocycles. The van der Waals surface area contributed by atoms with Crippen LogP contribution >= 0.6 is 0 Å². The summed E-state index contributed by atoms with van der Waals surface area (Å²) in [6, 6.07) is 0. The van der Waals surface area contributed by atoms with Gasteiger partial charge in [-0.05, 0) is 6.92 Å². The summed E-state index contributed by atoms with van der Waals surface area (Å²) in [5.74, 6) is 0. The molecule has 1 aliphatic rings. The lowest BCUT2D eigenvalue weighted by Crippen LogP contribution is -2.16. The van der Waals surface area contributed by atoms with Gasteiger partial charge in [0.25, 0.3) is 0 Å². The van der Waals surface area contributed by atoms with Crippen LogP contribution < -0.4 is 0 Å². The first-order chi connectivity index (χ1) is 4.24. The Morgan fingerprint density at radius 3 is 2.89 bits per heavy atom. The monoisotopic (exact) mass is 127 g/mol. The number of ether oxygens (including phenoxy) is 1. The highest BCUT2D eigenvalue weighted by Crippen LogP contribution is 2.09. The molecule has 0 spiro atoms. The number of hydrogen-bond acceptors (Lipinski definition) is 2. The highest BCUT2D eigenvalue weighted by molar-refractivity contribution is 5.70. The minimum atomic E-state index is -0.294. The zero-order chi connectivity index (χ0) is 6.85. The number of nitrogens with zero attached hydrogens (tertiary/aromatic N) is 1. The van der Waals surface area contributed by atoms with E-state index in [1.165, 1.54) is 11.1 Å². The van der Waals surface area contributed by atoms with Crippen molar-refractivity contribution in [2.45, 2.75) is 13.0 Å². The highest BCUT2D eigenvalue weighted by Gasteiger charge is 2.25. The standard InChI is InChI=1S/C6H9NO2/c1-3-7-4-5(2)9-6(7)8/h3,5H,1,4H2,2H3. The van der Waals surface area contributed by atoms with E-state index in [2.05, 4.69) is 6.58 Å². The normalized spacial score (nSPS) is 26.1. The first-order valence-electron chi connectivity index (χ1n) is 2.84. The van der Waals surface area contributed by atoms with Gasteiger partial charge in [-0.15, -0.1) is 0 Å². The Labute approximate surface area is 53.9 Å². The van der Waals surface area contributed by atoms with Crippen LogP contribution in [0.4, 0.5) is 4.79 Å². The van der Waals surface area contributed by atoms with Gasteiger partial charge in [-0.3, -0.25) is 4.90 Å². The molecule has 1 saturated heterocycles. The Morgan fingerprint density at radius 2 is 2.67 bits per heavy atom. The number of amides is 1. The van der Waals surface area contributed by atoms with Crippen molar-refractivity contribution < 1.29 is 9.53 Å². The lowest BCUT2D eigenvalue weighted by Gasteiger charge is -2.01. The predicted octanol–water partition coefficient (Wildman–Crippen LogP) is 0.971. The first-order valence-corrected chi connectivity index (χ1v) is 2.84. The van der Waals surface area contributed by atoms with E-state index in [4.69, 9.17) is 4.74 Å². The summed E-state index contributed by atoms with van der Waals surface area (Å²) in [4.78, 5) is 12.1. The van der Waals surface area contributed by atoms with Gasteiger partial charge in [0.15, 0.2) is 0 Å². The predicted molar refractivity (Wildman–Crippen MR) is 32.8 cm³/mol. The SMILES string of the molecule is C=CN1CC(C)OC1=O. The average molecular weight is 127 g/mol. The molecule has 3 nitrogen and oxygen atoms in total. The smallest absolute Gasteiger partial charge is 0.414 e. The van der Waals surface area contributed by atoms with Crippen LogP contribution in [0.15, 0.2) is 12.8 Å². The average Bonchev–Trinajstić information content (AvgIpc) is 2.10. The number of cyclic esters (lactones) is 1. The summed E-state index contributed by atoms with van der Waals surface area (Å²) >= 11 is 0. The fourth-order valence-electron chi connectivity index (χ4n) is 0.778. The maximum absolute atomic E-state index is 10.6. The van der Waals surface area contributed by atoms with Crippen LogP contribution in [-0.2, 0) is 4.74 Å². The summed E-state index contributed by atoms with van der Waals surface area (Å²) in [5.41, 5.74) is 0. The first kappa shape index (κ1) is 6.13. The van der Waals surface area contributed by atoms with Gasteiger partial charge in [-0.25, -0.2) is 4.79 Å². The molecule has 0 aliphatic carbocycles. The number of carbonyl (C=O) groups is 1. The zero-order valence-electron chi connectivity index (χ0n) is 5.33. The molecule has 50 valence electrons. The molecule has 0 saturated carbocycles. The third-order valence-electron chi connectivity index (χ3n) is 1.21.